The van der Waals surface area contributed by atoms with Gasteiger partial charge in [-0.1, -0.05) is 51.6 Å². The molecule has 0 aliphatic heterocycles. The van der Waals surface area contributed by atoms with E-state index in [2.05, 4.69) is 25.8 Å². The van der Waals surface area contributed by atoms with Gasteiger partial charge in [-0.15, -0.1) is 0 Å². The number of aromatic nitrogens is 2. The molecule has 5 heteroatoms. The minimum Gasteiger partial charge on any atom is -0.331 e. The molecule has 1 N–H and O–H groups in total. The summed E-state index contributed by atoms with van der Waals surface area (Å²) in [6.45, 7) is 7.44. The van der Waals surface area contributed by atoms with Crippen molar-refractivity contribution in [3.8, 4) is 0 Å². The molecule has 0 aliphatic rings. The Balaban J connectivity index is 2.31. The Labute approximate surface area is 135 Å². The lowest BCUT2D eigenvalue weighted by Crippen LogP contribution is -2.19. The fourth-order valence-electron chi connectivity index (χ4n) is 2.67. The van der Waals surface area contributed by atoms with Crippen LogP contribution in [-0.2, 0) is 6.54 Å². The van der Waals surface area contributed by atoms with Gasteiger partial charge in [-0.2, -0.15) is 0 Å². The number of unbranched alkanes of at least 4 members (excludes halogenated alkanes) is 2. The Morgan fingerprint density at radius 2 is 2.05 bits per heavy atom. The largest absolute Gasteiger partial charge is 0.331 e. The van der Waals surface area contributed by atoms with Gasteiger partial charge < -0.3 is 9.55 Å². The van der Waals surface area contributed by atoms with E-state index in [1.807, 2.05) is 4.57 Å². The Morgan fingerprint density at radius 1 is 1.33 bits per heavy atom. The third-order valence-corrected chi connectivity index (χ3v) is 4.47. The molecule has 0 saturated heterocycles. The number of fused-ring (bicyclic) bond motifs is 1. The first-order valence-electron chi connectivity index (χ1n) is 7.41. The first-order chi connectivity index (χ1) is 9.84. The molecule has 0 saturated carbocycles. The molecule has 0 bridgehead atoms. The number of rotatable bonds is 6. The number of H-pyrrole nitrogens is 1. The average molecular weight is 329 g/mol. The second kappa shape index (κ2) is 6.49. The summed E-state index contributed by atoms with van der Waals surface area (Å²) in [4.78, 5) is 3.11. The number of benzene rings is 1. The summed E-state index contributed by atoms with van der Waals surface area (Å²) >= 11 is 11.2. The van der Waals surface area contributed by atoms with Gasteiger partial charge in [-0.25, -0.2) is 4.39 Å². The highest BCUT2D eigenvalue weighted by atomic mass is 35.5. The van der Waals surface area contributed by atoms with E-state index in [0.29, 0.717) is 4.77 Å². The first kappa shape index (κ1) is 16.5. The van der Waals surface area contributed by atoms with E-state index in [1.165, 1.54) is 25.3 Å². The van der Waals surface area contributed by atoms with Crippen molar-refractivity contribution in [3.05, 3.63) is 27.7 Å². The van der Waals surface area contributed by atoms with Crippen LogP contribution in [0, 0.1) is 16.0 Å². The van der Waals surface area contributed by atoms with Crippen molar-refractivity contribution in [1.29, 1.82) is 0 Å². The van der Waals surface area contributed by atoms with Crippen molar-refractivity contribution in [1.82, 2.24) is 9.55 Å². The van der Waals surface area contributed by atoms with Gasteiger partial charge in [0.15, 0.2) is 4.77 Å². The van der Waals surface area contributed by atoms with Crippen molar-refractivity contribution in [2.24, 2.45) is 5.41 Å². The summed E-state index contributed by atoms with van der Waals surface area (Å²) in [7, 11) is 0. The van der Waals surface area contributed by atoms with Crippen LogP contribution in [0.1, 0.15) is 46.5 Å². The lowest BCUT2D eigenvalue weighted by Gasteiger charge is -2.25. The van der Waals surface area contributed by atoms with E-state index in [-0.39, 0.29) is 10.4 Å². The molecule has 0 amide bonds. The van der Waals surface area contributed by atoms with E-state index < -0.39 is 5.82 Å². The molecule has 1 heterocycles. The number of nitrogens with one attached hydrogen (secondary N) is 1. The summed E-state index contributed by atoms with van der Waals surface area (Å²) in [5.74, 6) is -0.407. The van der Waals surface area contributed by atoms with Crippen molar-refractivity contribution in [2.45, 2.75) is 53.0 Å². The summed E-state index contributed by atoms with van der Waals surface area (Å²) in [5.41, 5.74) is 1.69. The molecule has 0 aliphatic carbocycles. The summed E-state index contributed by atoms with van der Waals surface area (Å²) < 4.78 is 16.3. The van der Waals surface area contributed by atoms with Gasteiger partial charge in [0, 0.05) is 12.6 Å². The maximum absolute atomic E-state index is 13.7. The van der Waals surface area contributed by atoms with E-state index in [9.17, 15) is 4.39 Å². The summed E-state index contributed by atoms with van der Waals surface area (Å²) in [6.07, 6.45) is 4.80. The minimum atomic E-state index is -0.407. The van der Waals surface area contributed by atoms with Crippen LogP contribution in [0.3, 0.4) is 0 Å². The third kappa shape index (κ3) is 3.86. The number of imidazole rings is 1. The SMILES string of the molecule is CCCCCC(C)(C)Cn1c(=S)[nH]c2cc(Cl)c(F)cc21. The summed E-state index contributed by atoms with van der Waals surface area (Å²) in [6, 6.07) is 3.06. The Bertz CT molecular complexity index is 687. The zero-order valence-electron chi connectivity index (χ0n) is 12.8. The number of aromatic amines is 1. The second-order valence-corrected chi connectivity index (χ2v) is 7.21. The Morgan fingerprint density at radius 3 is 2.71 bits per heavy atom. The average Bonchev–Trinajstić information content (AvgIpc) is 2.66. The van der Waals surface area contributed by atoms with E-state index in [1.54, 1.807) is 6.07 Å². The zero-order valence-corrected chi connectivity index (χ0v) is 14.4. The molecule has 2 rings (SSSR count). The van der Waals surface area contributed by atoms with E-state index in [0.717, 1.165) is 24.0 Å². The number of nitrogens with zero attached hydrogens (tertiary/aromatic N) is 1. The van der Waals surface area contributed by atoms with Crippen molar-refractivity contribution < 1.29 is 4.39 Å². The monoisotopic (exact) mass is 328 g/mol. The van der Waals surface area contributed by atoms with Crippen molar-refractivity contribution in [3.63, 3.8) is 0 Å². The van der Waals surface area contributed by atoms with Crippen LogP contribution in [0.5, 0.6) is 0 Å². The Hall–Kier alpha value is -0.870. The molecule has 2 nitrogen and oxygen atoms in total. The molecule has 1 aromatic carbocycles. The molecule has 116 valence electrons. The fraction of sp³-hybridized carbons (Fsp3) is 0.562. The van der Waals surface area contributed by atoms with Gasteiger partial charge >= 0.3 is 0 Å². The van der Waals surface area contributed by atoms with Crippen LogP contribution in [-0.4, -0.2) is 9.55 Å². The highest BCUT2D eigenvalue weighted by Gasteiger charge is 2.20. The molecule has 0 unspecified atom stereocenters. The van der Waals surface area contributed by atoms with Crippen LogP contribution < -0.4 is 0 Å². The predicted molar refractivity (Wildman–Crippen MR) is 90.0 cm³/mol. The van der Waals surface area contributed by atoms with E-state index in [4.69, 9.17) is 23.8 Å². The third-order valence-electron chi connectivity index (χ3n) is 3.86. The van der Waals surface area contributed by atoms with Crippen LogP contribution in [0.25, 0.3) is 11.0 Å². The van der Waals surface area contributed by atoms with Gasteiger partial charge in [0.25, 0.3) is 0 Å². The molecule has 0 radical (unpaired) electrons. The maximum Gasteiger partial charge on any atom is 0.178 e. The molecular formula is C16H22ClFN2S. The number of halogens is 2. The van der Waals surface area contributed by atoms with Gasteiger partial charge in [0.2, 0.25) is 0 Å². The van der Waals surface area contributed by atoms with Gasteiger partial charge in [0.1, 0.15) is 5.82 Å². The number of hydrogen-bond acceptors (Lipinski definition) is 1. The molecule has 21 heavy (non-hydrogen) atoms. The molecule has 0 spiro atoms. The minimum absolute atomic E-state index is 0.119. The molecule has 2 aromatic rings. The normalized spacial score (nSPS) is 12.2. The zero-order chi connectivity index (χ0) is 15.6. The smallest absolute Gasteiger partial charge is 0.178 e. The highest BCUT2D eigenvalue weighted by Crippen LogP contribution is 2.29. The highest BCUT2D eigenvalue weighted by molar-refractivity contribution is 7.71. The molecule has 0 atom stereocenters. The lowest BCUT2D eigenvalue weighted by atomic mass is 9.87. The second-order valence-electron chi connectivity index (χ2n) is 6.42. The lowest BCUT2D eigenvalue weighted by molar-refractivity contribution is 0.273. The van der Waals surface area contributed by atoms with Crippen molar-refractivity contribution >= 4 is 34.9 Å². The van der Waals surface area contributed by atoms with Crippen LogP contribution >= 0.6 is 23.8 Å². The number of hydrogen-bond donors (Lipinski definition) is 1. The Kier molecular flexibility index (Phi) is 5.10. The molecule has 1 aromatic heterocycles. The molecule has 0 fully saturated rings. The maximum atomic E-state index is 13.7. The predicted octanol–water partition coefficient (Wildman–Crippen LogP) is 6.10. The van der Waals surface area contributed by atoms with Gasteiger partial charge in [0.05, 0.1) is 16.1 Å². The topological polar surface area (TPSA) is 20.7 Å². The van der Waals surface area contributed by atoms with Crippen LogP contribution in [0.15, 0.2) is 12.1 Å². The molecular weight excluding hydrogens is 307 g/mol. The standard InChI is InChI=1S/C16H22ClFN2S/c1-4-5-6-7-16(2,3)10-20-14-9-12(18)11(17)8-13(14)19-15(20)21/h8-9H,4-7,10H2,1-3H3,(H,19,21). The van der Waals surface area contributed by atoms with E-state index >= 15 is 0 Å². The quantitative estimate of drug-likeness (QED) is 0.502. The van der Waals surface area contributed by atoms with Crippen LogP contribution in [0.2, 0.25) is 5.02 Å². The fourth-order valence-corrected chi connectivity index (χ4v) is 3.11. The van der Waals surface area contributed by atoms with Gasteiger partial charge in [-0.05, 0) is 30.1 Å². The van der Waals surface area contributed by atoms with Crippen LogP contribution in [0.4, 0.5) is 4.39 Å². The summed E-state index contributed by atoms with van der Waals surface area (Å²) in [5, 5.41) is 0.119. The van der Waals surface area contributed by atoms with Gasteiger partial charge in [-0.3, -0.25) is 0 Å². The first-order valence-corrected chi connectivity index (χ1v) is 8.20. The van der Waals surface area contributed by atoms with Crippen molar-refractivity contribution in [2.75, 3.05) is 0 Å².